The number of aromatic amines is 1. The van der Waals surface area contributed by atoms with Crippen LogP contribution in [0.15, 0.2) is 61.6 Å². The van der Waals surface area contributed by atoms with Crippen molar-refractivity contribution in [2.75, 3.05) is 0 Å². The second-order valence-corrected chi connectivity index (χ2v) is 3.88. The molecule has 19 heavy (non-hydrogen) atoms. The summed E-state index contributed by atoms with van der Waals surface area (Å²) in [5.41, 5.74) is 2.94. The zero-order valence-corrected chi connectivity index (χ0v) is 10.1. The fourth-order valence-corrected chi connectivity index (χ4v) is 1.72. The summed E-state index contributed by atoms with van der Waals surface area (Å²) in [5, 5.41) is 1.09. The number of H-pyrrole nitrogens is 1. The Hall–Kier alpha value is -2.82. The van der Waals surface area contributed by atoms with Gasteiger partial charge in [-0.3, -0.25) is 0 Å². The molecule has 4 aromatic rings. The number of fused-ring (bicyclic) bond motifs is 2. The maximum atomic E-state index is 4.07. The molecule has 0 aliphatic rings. The van der Waals surface area contributed by atoms with Crippen LogP contribution in [0.25, 0.3) is 21.9 Å². The Morgan fingerprint density at radius 1 is 0.789 bits per heavy atom. The predicted octanol–water partition coefficient (Wildman–Crippen LogP) is 2.59. The van der Waals surface area contributed by atoms with Gasteiger partial charge in [0.2, 0.25) is 0 Å². The second kappa shape index (κ2) is 5.22. The Kier molecular flexibility index (Phi) is 3.10. The van der Waals surface area contributed by atoms with Gasteiger partial charge in [0.25, 0.3) is 0 Å². The second-order valence-electron chi connectivity index (χ2n) is 3.88. The summed E-state index contributed by atoms with van der Waals surface area (Å²) in [6.07, 6.45) is 8.50. The maximum absolute atomic E-state index is 4.07. The molecule has 4 rings (SSSR count). The van der Waals surface area contributed by atoms with Gasteiger partial charge >= 0.3 is 0 Å². The number of hydrogen-bond acceptors (Lipinski definition) is 4. The van der Waals surface area contributed by atoms with Crippen molar-refractivity contribution in [3.63, 3.8) is 0 Å². The molecule has 0 saturated carbocycles. The minimum atomic E-state index is 0.963. The first kappa shape index (κ1) is 11.3. The molecular weight excluding hydrogens is 238 g/mol. The standard InChI is InChI=1S/C8H6N2.C6H5N3/c1-2-4-8-7(3-1)5-9-6-10-8;1-2-8-6-3-7-4-9-5(1)6/h1-6H;1-4,8H. The van der Waals surface area contributed by atoms with Gasteiger partial charge in [-0.15, -0.1) is 0 Å². The third-order valence-corrected chi connectivity index (χ3v) is 2.64. The zero-order valence-electron chi connectivity index (χ0n) is 10.1. The Morgan fingerprint density at radius 2 is 1.58 bits per heavy atom. The van der Waals surface area contributed by atoms with Gasteiger partial charge in [0.15, 0.2) is 0 Å². The van der Waals surface area contributed by atoms with E-state index in [1.165, 1.54) is 6.33 Å². The van der Waals surface area contributed by atoms with Crippen molar-refractivity contribution < 1.29 is 0 Å². The van der Waals surface area contributed by atoms with Crippen LogP contribution in [0.5, 0.6) is 0 Å². The van der Waals surface area contributed by atoms with Crippen LogP contribution in [0.4, 0.5) is 0 Å². The SMILES string of the molecule is c1ccc2ncncc2c1.c1ncc2[nH]ccc2n1. The quantitative estimate of drug-likeness (QED) is 0.520. The summed E-state index contributed by atoms with van der Waals surface area (Å²) in [7, 11) is 0. The first-order valence-corrected chi connectivity index (χ1v) is 5.81. The van der Waals surface area contributed by atoms with E-state index in [0.29, 0.717) is 0 Å². The van der Waals surface area contributed by atoms with Crippen molar-refractivity contribution in [2.45, 2.75) is 0 Å². The molecule has 0 aliphatic heterocycles. The normalized spacial score (nSPS) is 10.1. The lowest BCUT2D eigenvalue weighted by molar-refractivity contribution is 1.22. The molecule has 0 saturated heterocycles. The van der Waals surface area contributed by atoms with Crippen molar-refractivity contribution >= 4 is 21.9 Å². The minimum Gasteiger partial charge on any atom is -0.359 e. The van der Waals surface area contributed by atoms with Gasteiger partial charge in [0.1, 0.15) is 12.7 Å². The summed E-state index contributed by atoms with van der Waals surface area (Å²) in [5.74, 6) is 0. The molecule has 3 heterocycles. The van der Waals surface area contributed by atoms with E-state index >= 15 is 0 Å². The zero-order chi connectivity index (χ0) is 12.9. The molecular formula is C14H11N5. The molecule has 0 amide bonds. The summed E-state index contributed by atoms with van der Waals surface area (Å²) >= 11 is 0. The van der Waals surface area contributed by atoms with Crippen LogP contribution >= 0.6 is 0 Å². The van der Waals surface area contributed by atoms with Crippen LogP contribution in [0.3, 0.4) is 0 Å². The molecule has 0 radical (unpaired) electrons. The maximum Gasteiger partial charge on any atom is 0.116 e. The molecule has 0 bridgehead atoms. The molecule has 5 heteroatoms. The minimum absolute atomic E-state index is 0.963. The number of rotatable bonds is 0. The monoisotopic (exact) mass is 249 g/mol. The summed E-state index contributed by atoms with van der Waals surface area (Å²) < 4.78 is 0. The highest BCUT2D eigenvalue weighted by Crippen LogP contribution is 2.06. The molecule has 0 fully saturated rings. The van der Waals surface area contributed by atoms with Crippen LogP contribution in [0.2, 0.25) is 0 Å². The molecule has 3 aromatic heterocycles. The fourth-order valence-electron chi connectivity index (χ4n) is 1.72. The molecule has 0 aliphatic carbocycles. The van der Waals surface area contributed by atoms with Crippen molar-refractivity contribution in [3.05, 3.63) is 61.6 Å². The summed E-state index contributed by atoms with van der Waals surface area (Å²) in [4.78, 5) is 18.8. The van der Waals surface area contributed by atoms with E-state index in [9.17, 15) is 0 Å². The van der Waals surface area contributed by atoms with E-state index in [4.69, 9.17) is 0 Å². The number of benzene rings is 1. The lowest BCUT2D eigenvalue weighted by Gasteiger charge is -1.90. The van der Waals surface area contributed by atoms with E-state index in [1.54, 1.807) is 12.5 Å². The lowest BCUT2D eigenvalue weighted by atomic mass is 10.2. The van der Waals surface area contributed by atoms with Gasteiger partial charge in [0.05, 0.1) is 22.7 Å². The Morgan fingerprint density at radius 3 is 2.42 bits per heavy atom. The number of hydrogen-bond donors (Lipinski definition) is 1. The first-order chi connectivity index (χ1) is 9.43. The van der Waals surface area contributed by atoms with Gasteiger partial charge in [-0.05, 0) is 12.1 Å². The van der Waals surface area contributed by atoms with Crippen molar-refractivity contribution in [3.8, 4) is 0 Å². The van der Waals surface area contributed by atoms with Crippen molar-refractivity contribution in [2.24, 2.45) is 0 Å². The van der Waals surface area contributed by atoms with Gasteiger partial charge < -0.3 is 4.98 Å². The van der Waals surface area contributed by atoms with Gasteiger partial charge in [-0.25, -0.2) is 19.9 Å². The molecule has 5 nitrogen and oxygen atoms in total. The highest BCUT2D eigenvalue weighted by molar-refractivity contribution is 5.76. The van der Waals surface area contributed by atoms with Gasteiger partial charge in [-0.2, -0.15) is 0 Å². The van der Waals surface area contributed by atoms with Crippen LogP contribution in [-0.2, 0) is 0 Å². The third kappa shape index (κ3) is 2.55. The molecule has 92 valence electrons. The Balaban J connectivity index is 0.000000117. The van der Waals surface area contributed by atoms with E-state index < -0.39 is 0 Å². The first-order valence-electron chi connectivity index (χ1n) is 5.81. The highest BCUT2D eigenvalue weighted by atomic mass is 14.9. The predicted molar refractivity (Wildman–Crippen MR) is 73.4 cm³/mol. The van der Waals surface area contributed by atoms with Crippen LogP contribution in [-0.4, -0.2) is 24.9 Å². The topological polar surface area (TPSA) is 67.3 Å². The molecule has 0 unspecified atom stereocenters. The lowest BCUT2D eigenvalue weighted by Crippen LogP contribution is -1.77. The van der Waals surface area contributed by atoms with E-state index in [1.807, 2.05) is 42.7 Å². The molecule has 1 N–H and O–H groups in total. The fraction of sp³-hybridized carbons (Fsp3) is 0. The van der Waals surface area contributed by atoms with Crippen molar-refractivity contribution in [1.82, 2.24) is 24.9 Å². The molecule has 1 aromatic carbocycles. The average Bonchev–Trinajstić information content (AvgIpc) is 2.96. The Bertz CT molecular complexity index is 698. The van der Waals surface area contributed by atoms with Gasteiger partial charge in [0, 0.05) is 17.8 Å². The molecule has 0 spiro atoms. The number of aromatic nitrogens is 5. The van der Waals surface area contributed by atoms with E-state index in [-0.39, 0.29) is 0 Å². The highest BCUT2D eigenvalue weighted by Gasteiger charge is 1.89. The number of nitrogens with one attached hydrogen (secondary N) is 1. The average molecular weight is 249 g/mol. The van der Waals surface area contributed by atoms with E-state index in [2.05, 4.69) is 24.9 Å². The summed E-state index contributed by atoms with van der Waals surface area (Å²) in [6.45, 7) is 0. The largest absolute Gasteiger partial charge is 0.359 e. The number of para-hydroxylation sites is 1. The third-order valence-electron chi connectivity index (χ3n) is 2.64. The van der Waals surface area contributed by atoms with Gasteiger partial charge in [-0.1, -0.05) is 18.2 Å². The van der Waals surface area contributed by atoms with Crippen LogP contribution in [0.1, 0.15) is 0 Å². The number of nitrogens with zero attached hydrogens (tertiary/aromatic N) is 4. The van der Waals surface area contributed by atoms with Crippen molar-refractivity contribution in [1.29, 1.82) is 0 Å². The van der Waals surface area contributed by atoms with Crippen LogP contribution < -0.4 is 0 Å². The van der Waals surface area contributed by atoms with E-state index in [0.717, 1.165) is 21.9 Å². The molecule has 0 atom stereocenters. The Labute approximate surface area is 109 Å². The summed E-state index contributed by atoms with van der Waals surface area (Å²) in [6, 6.07) is 9.82. The smallest absolute Gasteiger partial charge is 0.116 e. The van der Waals surface area contributed by atoms with Crippen LogP contribution in [0, 0.1) is 0 Å².